The number of hydrogen-bond donors (Lipinski definition) is 1. The molecule has 2 atom stereocenters. The molecule has 24 heavy (non-hydrogen) atoms. The Morgan fingerprint density at radius 3 is 2.71 bits per heavy atom. The van der Waals surface area contributed by atoms with Crippen molar-refractivity contribution in [2.24, 2.45) is 0 Å². The number of aromatic nitrogens is 3. The number of nitrogens with zero attached hydrogens (tertiary/aromatic N) is 3. The Balaban J connectivity index is 1.61. The monoisotopic (exact) mass is 326 g/mol. The Morgan fingerprint density at radius 1 is 1.21 bits per heavy atom. The lowest BCUT2D eigenvalue weighted by Crippen LogP contribution is -2.38. The second-order valence-electron chi connectivity index (χ2n) is 5.41. The van der Waals surface area contributed by atoms with Gasteiger partial charge in [0.15, 0.2) is 5.76 Å². The van der Waals surface area contributed by atoms with Gasteiger partial charge in [-0.05, 0) is 32.0 Å². The number of furan rings is 1. The fraction of sp³-hybridized carbons (Fsp3) is 0.235. The molecule has 1 N–H and O–H groups in total. The van der Waals surface area contributed by atoms with Crippen LogP contribution in [0, 0.1) is 0 Å². The molecule has 0 spiro atoms. The molecule has 7 heteroatoms. The molecule has 7 nitrogen and oxygen atoms in total. The van der Waals surface area contributed by atoms with Crippen molar-refractivity contribution < 1.29 is 13.9 Å². The van der Waals surface area contributed by atoms with Crippen LogP contribution in [0.25, 0.3) is 0 Å². The van der Waals surface area contributed by atoms with Crippen molar-refractivity contribution in [2.45, 2.75) is 25.9 Å². The zero-order chi connectivity index (χ0) is 16.9. The third-order valence-electron chi connectivity index (χ3n) is 3.70. The van der Waals surface area contributed by atoms with Crippen LogP contribution in [0.4, 0.5) is 0 Å². The number of ether oxygens (including phenoxy) is 1. The number of hydrogen-bond acceptors (Lipinski definition) is 5. The summed E-state index contributed by atoms with van der Waals surface area (Å²) >= 11 is 0. The minimum atomic E-state index is -0.308. The summed E-state index contributed by atoms with van der Waals surface area (Å²) in [5.74, 6) is 0.797. The second-order valence-corrected chi connectivity index (χ2v) is 5.41. The molecule has 0 unspecified atom stereocenters. The Bertz CT molecular complexity index is 783. The van der Waals surface area contributed by atoms with Gasteiger partial charge in [0.25, 0.3) is 11.9 Å². The molecule has 0 saturated carbocycles. The molecule has 3 aromatic rings. The van der Waals surface area contributed by atoms with Crippen LogP contribution in [0.3, 0.4) is 0 Å². The van der Waals surface area contributed by atoms with E-state index in [1.807, 2.05) is 44.2 Å². The lowest BCUT2D eigenvalue weighted by molar-refractivity contribution is 0.0895. The van der Waals surface area contributed by atoms with Gasteiger partial charge in [-0.25, -0.2) is 9.67 Å². The highest BCUT2D eigenvalue weighted by Crippen LogP contribution is 2.23. The van der Waals surface area contributed by atoms with E-state index in [2.05, 4.69) is 15.4 Å². The largest absolute Gasteiger partial charge is 0.426 e. The van der Waals surface area contributed by atoms with Crippen LogP contribution >= 0.6 is 0 Å². The van der Waals surface area contributed by atoms with Gasteiger partial charge in [0.1, 0.15) is 18.4 Å². The number of carbonyl (C=O) groups is 1. The van der Waals surface area contributed by atoms with Gasteiger partial charge in [-0.1, -0.05) is 18.2 Å². The van der Waals surface area contributed by atoms with Gasteiger partial charge in [-0.2, -0.15) is 5.10 Å². The van der Waals surface area contributed by atoms with Crippen molar-refractivity contribution in [2.75, 3.05) is 0 Å². The van der Waals surface area contributed by atoms with Crippen LogP contribution in [0.15, 0.2) is 59.5 Å². The Morgan fingerprint density at radius 2 is 2.00 bits per heavy atom. The second kappa shape index (κ2) is 6.99. The molecule has 0 aliphatic carbocycles. The summed E-state index contributed by atoms with van der Waals surface area (Å²) in [4.78, 5) is 16.2. The number of para-hydroxylation sites is 1. The summed E-state index contributed by atoms with van der Waals surface area (Å²) < 4.78 is 12.7. The molecule has 0 aliphatic rings. The fourth-order valence-electron chi connectivity index (χ4n) is 2.16. The van der Waals surface area contributed by atoms with E-state index in [-0.39, 0.29) is 29.7 Å². The first-order valence-corrected chi connectivity index (χ1v) is 7.61. The van der Waals surface area contributed by atoms with Crippen molar-refractivity contribution in [3.05, 3.63) is 60.9 Å². The molecular formula is C17H18N4O3. The lowest BCUT2D eigenvalue weighted by Gasteiger charge is -2.20. The molecule has 0 bridgehead atoms. The van der Waals surface area contributed by atoms with E-state index in [4.69, 9.17) is 9.15 Å². The van der Waals surface area contributed by atoms with Gasteiger partial charge in [0.05, 0.1) is 6.04 Å². The van der Waals surface area contributed by atoms with E-state index in [0.717, 1.165) is 0 Å². The van der Waals surface area contributed by atoms with Crippen LogP contribution in [0.1, 0.15) is 30.4 Å². The molecule has 2 heterocycles. The van der Waals surface area contributed by atoms with Crippen molar-refractivity contribution in [1.82, 2.24) is 20.1 Å². The van der Waals surface area contributed by atoms with E-state index in [1.54, 1.807) is 23.1 Å². The zero-order valence-electron chi connectivity index (χ0n) is 13.4. The molecular weight excluding hydrogens is 308 g/mol. The first-order valence-electron chi connectivity index (χ1n) is 7.61. The van der Waals surface area contributed by atoms with Gasteiger partial charge in [-0.3, -0.25) is 4.79 Å². The summed E-state index contributed by atoms with van der Waals surface area (Å²) in [5.41, 5.74) is 0. The summed E-state index contributed by atoms with van der Waals surface area (Å²) in [6.07, 6.45) is 3.08. The number of rotatable bonds is 6. The maximum Gasteiger partial charge on any atom is 0.290 e. The Labute approximate surface area is 139 Å². The Hall–Kier alpha value is -3.09. The highest BCUT2D eigenvalue weighted by Gasteiger charge is 2.20. The predicted octanol–water partition coefficient (Wildman–Crippen LogP) is 3.04. The summed E-state index contributed by atoms with van der Waals surface area (Å²) in [6, 6.07) is 12.3. The van der Waals surface area contributed by atoms with E-state index < -0.39 is 0 Å². The van der Waals surface area contributed by atoms with Gasteiger partial charge in [0.2, 0.25) is 0 Å². The topological polar surface area (TPSA) is 82.2 Å². The van der Waals surface area contributed by atoms with Crippen molar-refractivity contribution in [1.29, 1.82) is 0 Å². The minimum absolute atomic E-state index is 0.0357. The first kappa shape index (κ1) is 15.8. The maximum absolute atomic E-state index is 12.3. The minimum Gasteiger partial charge on any atom is -0.426 e. The van der Waals surface area contributed by atoms with Crippen molar-refractivity contribution in [3.63, 3.8) is 0 Å². The van der Waals surface area contributed by atoms with Crippen LogP contribution < -0.4 is 10.1 Å². The SMILES string of the molecule is C[C@@H](NC(=O)c1ccc(Oc2ccccc2)o1)[C@H](C)n1cncn1. The average Bonchev–Trinajstić information content (AvgIpc) is 3.27. The van der Waals surface area contributed by atoms with Gasteiger partial charge < -0.3 is 14.5 Å². The van der Waals surface area contributed by atoms with Crippen LogP contribution in [0.2, 0.25) is 0 Å². The zero-order valence-corrected chi connectivity index (χ0v) is 13.4. The van der Waals surface area contributed by atoms with E-state index in [1.165, 1.54) is 6.33 Å². The smallest absolute Gasteiger partial charge is 0.290 e. The molecule has 3 rings (SSSR count). The molecule has 2 aromatic heterocycles. The molecule has 0 saturated heterocycles. The molecule has 1 amide bonds. The van der Waals surface area contributed by atoms with Gasteiger partial charge in [-0.15, -0.1) is 0 Å². The number of benzene rings is 1. The quantitative estimate of drug-likeness (QED) is 0.753. The number of nitrogens with one attached hydrogen (secondary N) is 1. The highest BCUT2D eigenvalue weighted by atomic mass is 16.6. The number of amides is 1. The molecule has 1 aromatic carbocycles. The van der Waals surface area contributed by atoms with Gasteiger partial charge >= 0.3 is 0 Å². The van der Waals surface area contributed by atoms with Crippen LogP contribution in [0.5, 0.6) is 11.7 Å². The standard InChI is InChI=1S/C17H18N4O3/c1-12(13(2)21-11-18-10-19-21)20-17(22)15-8-9-16(24-15)23-14-6-4-3-5-7-14/h3-13H,1-2H3,(H,20,22)/t12-,13+/m1/s1. The number of carbonyl (C=O) groups excluding carboxylic acids is 1. The summed E-state index contributed by atoms with van der Waals surface area (Å²) in [5, 5.41) is 6.96. The van der Waals surface area contributed by atoms with E-state index in [0.29, 0.717) is 5.75 Å². The van der Waals surface area contributed by atoms with Crippen molar-refractivity contribution in [3.8, 4) is 11.7 Å². The lowest BCUT2D eigenvalue weighted by atomic mass is 10.1. The molecule has 0 radical (unpaired) electrons. The fourth-order valence-corrected chi connectivity index (χ4v) is 2.16. The van der Waals surface area contributed by atoms with E-state index in [9.17, 15) is 4.79 Å². The maximum atomic E-state index is 12.3. The average molecular weight is 326 g/mol. The molecule has 0 aliphatic heterocycles. The normalized spacial score (nSPS) is 13.2. The predicted molar refractivity (Wildman–Crippen MR) is 86.9 cm³/mol. The van der Waals surface area contributed by atoms with Crippen molar-refractivity contribution >= 4 is 5.91 Å². The molecule has 124 valence electrons. The third kappa shape index (κ3) is 3.62. The van der Waals surface area contributed by atoms with Crippen LogP contribution in [-0.2, 0) is 0 Å². The third-order valence-corrected chi connectivity index (χ3v) is 3.70. The van der Waals surface area contributed by atoms with E-state index >= 15 is 0 Å². The Kier molecular flexibility index (Phi) is 4.60. The van der Waals surface area contributed by atoms with Gasteiger partial charge in [0, 0.05) is 12.1 Å². The van der Waals surface area contributed by atoms with Crippen LogP contribution in [-0.4, -0.2) is 26.7 Å². The summed E-state index contributed by atoms with van der Waals surface area (Å²) in [7, 11) is 0. The highest BCUT2D eigenvalue weighted by molar-refractivity contribution is 5.91. The molecule has 0 fully saturated rings. The first-order chi connectivity index (χ1) is 11.6. The summed E-state index contributed by atoms with van der Waals surface area (Å²) in [6.45, 7) is 3.85.